The molecule has 2 rings (SSSR count). The third-order valence-electron chi connectivity index (χ3n) is 3.09. The van der Waals surface area contributed by atoms with Gasteiger partial charge < -0.3 is 11.1 Å². The first kappa shape index (κ1) is 15.0. The molecule has 0 fully saturated rings. The number of hydrogen-bond donors (Lipinski definition) is 2. The number of nitrogens with one attached hydrogen (secondary N) is 1. The van der Waals surface area contributed by atoms with Crippen molar-refractivity contribution >= 4 is 11.6 Å². The summed E-state index contributed by atoms with van der Waals surface area (Å²) in [4.78, 5) is 11.9. The minimum absolute atomic E-state index is 0.331. The highest BCUT2D eigenvalue weighted by Gasteiger charge is 2.15. The van der Waals surface area contributed by atoms with E-state index in [2.05, 4.69) is 5.32 Å². The van der Waals surface area contributed by atoms with Gasteiger partial charge in [0.2, 0.25) is 0 Å². The van der Waals surface area contributed by atoms with E-state index in [0.717, 1.165) is 23.3 Å². The van der Waals surface area contributed by atoms with Gasteiger partial charge in [0.1, 0.15) is 5.82 Å². The first-order chi connectivity index (χ1) is 9.97. The molecule has 2 aromatic carbocycles. The van der Waals surface area contributed by atoms with E-state index in [4.69, 9.17) is 5.73 Å². The number of aryl methyl sites for hydroxylation is 1. The molecule has 0 radical (unpaired) electrons. The fourth-order valence-electron chi connectivity index (χ4n) is 2.06. The molecule has 5 heteroatoms. The second-order valence-corrected chi connectivity index (χ2v) is 4.85. The Morgan fingerprint density at radius 3 is 2.71 bits per heavy atom. The van der Waals surface area contributed by atoms with Crippen LogP contribution in [0.4, 0.5) is 14.5 Å². The van der Waals surface area contributed by atoms with E-state index in [1.807, 2.05) is 31.2 Å². The molecule has 3 nitrogen and oxygen atoms in total. The van der Waals surface area contributed by atoms with Gasteiger partial charge in [-0.05, 0) is 31.0 Å². The van der Waals surface area contributed by atoms with Crippen LogP contribution in [0.1, 0.15) is 21.5 Å². The van der Waals surface area contributed by atoms with Crippen LogP contribution < -0.4 is 11.1 Å². The molecular formula is C16H16F2N2O. The van der Waals surface area contributed by atoms with Gasteiger partial charge in [-0.25, -0.2) is 8.78 Å². The Morgan fingerprint density at radius 2 is 2.00 bits per heavy atom. The number of halogens is 2. The highest BCUT2D eigenvalue weighted by molar-refractivity contribution is 5.95. The fourth-order valence-corrected chi connectivity index (χ4v) is 2.06. The number of amides is 1. The molecule has 0 saturated carbocycles. The molecule has 0 saturated heterocycles. The zero-order valence-corrected chi connectivity index (χ0v) is 11.6. The summed E-state index contributed by atoms with van der Waals surface area (Å²) in [5, 5.41) is 2.56. The molecule has 21 heavy (non-hydrogen) atoms. The van der Waals surface area contributed by atoms with Crippen LogP contribution in [0.15, 0.2) is 36.4 Å². The number of hydrogen-bond acceptors (Lipinski definition) is 2. The van der Waals surface area contributed by atoms with E-state index in [-0.39, 0.29) is 11.3 Å². The molecule has 0 aliphatic rings. The Bertz CT molecular complexity index is 671. The van der Waals surface area contributed by atoms with E-state index < -0.39 is 17.5 Å². The lowest BCUT2D eigenvalue weighted by Crippen LogP contribution is -2.27. The van der Waals surface area contributed by atoms with Crippen molar-refractivity contribution in [2.24, 2.45) is 0 Å². The minimum atomic E-state index is -0.899. The number of anilines is 1. The van der Waals surface area contributed by atoms with Gasteiger partial charge in [0.15, 0.2) is 5.82 Å². The predicted octanol–water partition coefficient (Wildman–Crippen LogP) is 2.83. The predicted molar refractivity (Wildman–Crippen MR) is 78.0 cm³/mol. The van der Waals surface area contributed by atoms with Crippen LogP contribution in [-0.4, -0.2) is 12.5 Å². The topological polar surface area (TPSA) is 55.1 Å². The Hall–Kier alpha value is -2.43. The van der Waals surface area contributed by atoms with E-state index in [9.17, 15) is 13.6 Å². The zero-order chi connectivity index (χ0) is 15.4. The molecule has 0 spiro atoms. The Morgan fingerprint density at radius 1 is 1.24 bits per heavy atom. The van der Waals surface area contributed by atoms with E-state index in [1.54, 1.807) is 0 Å². The molecule has 0 unspecified atom stereocenters. The molecule has 0 heterocycles. The van der Waals surface area contributed by atoms with Crippen LogP contribution in [0.25, 0.3) is 0 Å². The maximum atomic E-state index is 13.7. The van der Waals surface area contributed by atoms with Gasteiger partial charge in [-0.2, -0.15) is 0 Å². The maximum Gasteiger partial charge on any atom is 0.254 e. The van der Waals surface area contributed by atoms with Gasteiger partial charge in [0.25, 0.3) is 5.91 Å². The Balaban J connectivity index is 1.99. The first-order valence-corrected chi connectivity index (χ1v) is 6.55. The second-order valence-electron chi connectivity index (χ2n) is 4.85. The standard InChI is InChI=1S/C16H16F2N2O/c1-10-3-2-4-11(7-10)5-6-20-16(21)13-8-12(17)9-14(19)15(13)18/h2-4,7-9H,5-6,19H2,1H3,(H,20,21). The number of carbonyl (C=O) groups is 1. The van der Waals surface area contributed by atoms with Crippen molar-refractivity contribution < 1.29 is 13.6 Å². The summed E-state index contributed by atoms with van der Waals surface area (Å²) in [7, 11) is 0. The van der Waals surface area contributed by atoms with Crippen LogP contribution in [0.5, 0.6) is 0 Å². The van der Waals surface area contributed by atoms with Crippen LogP contribution in [0.3, 0.4) is 0 Å². The van der Waals surface area contributed by atoms with Gasteiger partial charge >= 0.3 is 0 Å². The number of rotatable bonds is 4. The van der Waals surface area contributed by atoms with Gasteiger partial charge in [0, 0.05) is 6.54 Å². The van der Waals surface area contributed by atoms with Crippen molar-refractivity contribution in [3.8, 4) is 0 Å². The summed E-state index contributed by atoms with van der Waals surface area (Å²) in [6.45, 7) is 2.31. The highest BCUT2D eigenvalue weighted by Crippen LogP contribution is 2.17. The molecule has 0 aromatic heterocycles. The van der Waals surface area contributed by atoms with Crippen LogP contribution in [-0.2, 0) is 6.42 Å². The van der Waals surface area contributed by atoms with Crippen molar-refractivity contribution in [3.63, 3.8) is 0 Å². The van der Waals surface area contributed by atoms with Crippen molar-refractivity contribution in [2.45, 2.75) is 13.3 Å². The molecule has 0 atom stereocenters. The molecule has 0 aliphatic carbocycles. The molecule has 110 valence electrons. The second kappa shape index (κ2) is 6.35. The zero-order valence-electron chi connectivity index (χ0n) is 11.6. The maximum absolute atomic E-state index is 13.7. The van der Waals surface area contributed by atoms with Gasteiger partial charge in [-0.3, -0.25) is 4.79 Å². The summed E-state index contributed by atoms with van der Waals surface area (Å²) < 4.78 is 26.9. The Labute approximate surface area is 121 Å². The molecular weight excluding hydrogens is 274 g/mol. The summed E-state index contributed by atoms with van der Waals surface area (Å²) in [6, 6.07) is 9.55. The van der Waals surface area contributed by atoms with Crippen LogP contribution in [0, 0.1) is 18.6 Å². The van der Waals surface area contributed by atoms with Gasteiger partial charge in [-0.15, -0.1) is 0 Å². The number of carbonyl (C=O) groups excluding carboxylic acids is 1. The molecule has 2 aromatic rings. The van der Waals surface area contributed by atoms with Crippen molar-refractivity contribution in [1.29, 1.82) is 0 Å². The normalized spacial score (nSPS) is 10.4. The average Bonchev–Trinajstić information content (AvgIpc) is 2.42. The summed E-state index contributed by atoms with van der Waals surface area (Å²) in [5.41, 5.74) is 6.74. The molecule has 0 aliphatic heterocycles. The third-order valence-corrected chi connectivity index (χ3v) is 3.09. The largest absolute Gasteiger partial charge is 0.396 e. The van der Waals surface area contributed by atoms with E-state index in [1.165, 1.54) is 0 Å². The summed E-state index contributed by atoms with van der Waals surface area (Å²) in [5.74, 6) is -2.31. The van der Waals surface area contributed by atoms with Crippen LogP contribution >= 0.6 is 0 Å². The van der Waals surface area contributed by atoms with Crippen molar-refractivity contribution in [1.82, 2.24) is 5.32 Å². The SMILES string of the molecule is Cc1cccc(CCNC(=O)c2cc(F)cc(N)c2F)c1. The first-order valence-electron chi connectivity index (χ1n) is 6.55. The smallest absolute Gasteiger partial charge is 0.254 e. The van der Waals surface area contributed by atoms with Crippen molar-refractivity contribution in [2.75, 3.05) is 12.3 Å². The number of nitrogen functional groups attached to an aromatic ring is 1. The Kier molecular flexibility index (Phi) is 4.52. The van der Waals surface area contributed by atoms with Crippen molar-refractivity contribution in [3.05, 3.63) is 64.7 Å². The number of nitrogens with two attached hydrogens (primary N) is 1. The lowest BCUT2D eigenvalue weighted by atomic mass is 10.1. The van der Waals surface area contributed by atoms with Gasteiger partial charge in [0.05, 0.1) is 11.3 Å². The highest BCUT2D eigenvalue weighted by atomic mass is 19.1. The van der Waals surface area contributed by atoms with E-state index >= 15 is 0 Å². The van der Waals surface area contributed by atoms with Gasteiger partial charge in [-0.1, -0.05) is 29.8 Å². The third kappa shape index (κ3) is 3.78. The molecule has 1 amide bonds. The monoisotopic (exact) mass is 290 g/mol. The fraction of sp³-hybridized carbons (Fsp3) is 0.188. The summed E-state index contributed by atoms with van der Waals surface area (Å²) >= 11 is 0. The molecule has 0 bridgehead atoms. The summed E-state index contributed by atoms with van der Waals surface area (Å²) in [6.07, 6.45) is 0.611. The number of benzene rings is 2. The molecule has 3 N–H and O–H groups in total. The quantitative estimate of drug-likeness (QED) is 0.851. The lowest BCUT2D eigenvalue weighted by Gasteiger charge is -2.08. The van der Waals surface area contributed by atoms with E-state index in [0.29, 0.717) is 13.0 Å². The lowest BCUT2D eigenvalue weighted by molar-refractivity contribution is 0.0949. The minimum Gasteiger partial charge on any atom is -0.396 e. The van der Waals surface area contributed by atoms with Crippen LogP contribution in [0.2, 0.25) is 0 Å². The average molecular weight is 290 g/mol.